The van der Waals surface area contributed by atoms with Gasteiger partial charge < -0.3 is 19.3 Å². The van der Waals surface area contributed by atoms with Crippen LogP contribution in [0.2, 0.25) is 0 Å². The van der Waals surface area contributed by atoms with Crippen LogP contribution in [0.25, 0.3) is 0 Å². The van der Waals surface area contributed by atoms with Gasteiger partial charge in [-0.2, -0.15) is 4.98 Å². The van der Waals surface area contributed by atoms with Crippen molar-refractivity contribution in [3.8, 4) is 0 Å². The van der Waals surface area contributed by atoms with E-state index in [9.17, 15) is 0 Å². The van der Waals surface area contributed by atoms with E-state index < -0.39 is 0 Å². The molecule has 0 bridgehead atoms. The lowest BCUT2D eigenvalue weighted by Crippen LogP contribution is -2.52. The van der Waals surface area contributed by atoms with Crippen LogP contribution in [0.3, 0.4) is 0 Å². The van der Waals surface area contributed by atoms with Gasteiger partial charge in [0.15, 0.2) is 11.8 Å². The third-order valence-corrected chi connectivity index (χ3v) is 4.26. The van der Waals surface area contributed by atoms with Crippen molar-refractivity contribution in [2.24, 2.45) is 4.99 Å². The maximum atomic E-state index is 5.14. The largest absolute Gasteiger partial charge is 0.364 e. The first-order chi connectivity index (χ1) is 12.7. The Labute approximate surface area is 176 Å². The topological polar surface area (TPSA) is 95.8 Å². The molecule has 3 rings (SSSR count). The summed E-state index contributed by atoms with van der Waals surface area (Å²) in [7, 11) is 0. The van der Waals surface area contributed by atoms with E-state index >= 15 is 0 Å². The molecule has 150 valence electrons. The molecule has 1 aliphatic rings. The van der Waals surface area contributed by atoms with Crippen LogP contribution in [0.15, 0.2) is 26.4 Å². The highest BCUT2D eigenvalue weighted by Crippen LogP contribution is 2.08. The van der Waals surface area contributed by atoms with Gasteiger partial charge in [-0.1, -0.05) is 10.3 Å². The molecule has 10 heteroatoms. The van der Waals surface area contributed by atoms with Gasteiger partial charge >= 0.3 is 0 Å². The standard InChI is InChI=1S/C17H27N7O2.HI/c1-3-18-17(19-7-4-5-16-20-14(2)21-26-16)24-10-8-23(9-11-24)13-15-6-12-25-22-15;/h6,12H,3-5,7-11,13H2,1-2H3,(H,18,19);1H. The van der Waals surface area contributed by atoms with Gasteiger partial charge in [0.2, 0.25) is 5.89 Å². The van der Waals surface area contributed by atoms with Gasteiger partial charge in [-0.05, 0) is 20.3 Å². The summed E-state index contributed by atoms with van der Waals surface area (Å²) in [5.41, 5.74) is 0.982. The first kappa shape index (κ1) is 21.6. The molecule has 2 aromatic heterocycles. The molecule has 2 aromatic rings. The Kier molecular flexibility index (Phi) is 8.98. The quantitative estimate of drug-likeness (QED) is 0.272. The zero-order chi connectivity index (χ0) is 18.2. The van der Waals surface area contributed by atoms with Gasteiger partial charge in [0, 0.05) is 58.3 Å². The van der Waals surface area contributed by atoms with E-state index in [0.717, 1.165) is 70.3 Å². The second-order valence-corrected chi connectivity index (χ2v) is 6.33. The highest BCUT2D eigenvalue weighted by atomic mass is 127. The van der Waals surface area contributed by atoms with E-state index in [1.165, 1.54) is 0 Å². The molecule has 0 radical (unpaired) electrons. The van der Waals surface area contributed by atoms with Crippen LogP contribution in [-0.4, -0.2) is 70.3 Å². The average molecular weight is 489 g/mol. The van der Waals surface area contributed by atoms with Crippen LogP contribution in [-0.2, 0) is 13.0 Å². The van der Waals surface area contributed by atoms with E-state index in [1.807, 2.05) is 13.0 Å². The smallest absolute Gasteiger partial charge is 0.226 e. The summed E-state index contributed by atoms with van der Waals surface area (Å²) < 4.78 is 10.0. The molecule has 1 N–H and O–H groups in total. The molecule has 0 unspecified atom stereocenters. The number of rotatable bonds is 7. The number of guanidine groups is 1. The number of piperazine rings is 1. The summed E-state index contributed by atoms with van der Waals surface area (Å²) >= 11 is 0. The Morgan fingerprint density at radius 2 is 2.07 bits per heavy atom. The van der Waals surface area contributed by atoms with Gasteiger partial charge in [0.25, 0.3) is 0 Å². The van der Waals surface area contributed by atoms with E-state index in [-0.39, 0.29) is 24.0 Å². The monoisotopic (exact) mass is 489 g/mol. The molecule has 0 aliphatic carbocycles. The highest BCUT2D eigenvalue weighted by molar-refractivity contribution is 14.0. The minimum atomic E-state index is 0. The van der Waals surface area contributed by atoms with Crippen molar-refractivity contribution in [1.82, 2.24) is 30.4 Å². The van der Waals surface area contributed by atoms with Crippen LogP contribution in [0, 0.1) is 6.92 Å². The van der Waals surface area contributed by atoms with Crippen LogP contribution in [0.4, 0.5) is 0 Å². The number of hydrogen-bond donors (Lipinski definition) is 1. The average Bonchev–Trinajstić information content (AvgIpc) is 3.30. The lowest BCUT2D eigenvalue weighted by atomic mass is 10.3. The Morgan fingerprint density at radius 1 is 1.26 bits per heavy atom. The Bertz CT molecular complexity index is 681. The van der Waals surface area contributed by atoms with Crippen molar-refractivity contribution < 1.29 is 9.05 Å². The van der Waals surface area contributed by atoms with Gasteiger partial charge in [-0.15, -0.1) is 24.0 Å². The van der Waals surface area contributed by atoms with Gasteiger partial charge in [0.1, 0.15) is 6.26 Å². The molecular formula is C17H28IN7O2. The number of hydrogen-bond acceptors (Lipinski definition) is 7. The molecule has 0 spiro atoms. The zero-order valence-corrected chi connectivity index (χ0v) is 18.3. The fourth-order valence-corrected chi connectivity index (χ4v) is 2.95. The Balaban J connectivity index is 0.00000261. The van der Waals surface area contributed by atoms with Crippen LogP contribution in [0.1, 0.15) is 30.8 Å². The van der Waals surface area contributed by atoms with E-state index in [2.05, 4.69) is 37.3 Å². The molecule has 1 saturated heterocycles. The van der Waals surface area contributed by atoms with Crippen molar-refractivity contribution >= 4 is 29.9 Å². The minimum Gasteiger partial charge on any atom is -0.364 e. The summed E-state index contributed by atoms with van der Waals surface area (Å²) in [6, 6.07) is 1.92. The predicted molar refractivity (Wildman–Crippen MR) is 112 cm³/mol. The second-order valence-electron chi connectivity index (χ2n) is 6.33. The molecule has 1 fully saturated rings. The van der Waals surface area contributed by atoms with E-state index in [0.29, 0.717) is 11.7 Å². The number of aliphatic imine (C=N–C) groups is 1. The summed E-state index contributed by atoms with van der Waals surface area (Å²) in [6.07, 6.45) is 3.27. The molecule has 0 aromatic carbocycles. The van der Waals surface area contributed by atoms with E-state index in [1.54, 1.807) is 6.26 Å². The van der Waals surface area contributed by atoms with Crippen molar-refractivity contribution in [1.29, 1.82) is 0 Å². The fraction of sp³-hybridized carbons (Fsp3) is 0.647. The molecule has 0 amide bonds. The molecule has 0 atom stereocenters. The lowest BCUT2D eigenvalue weighted by molar-refractivity contribution is 0.169. The Morgan fingerprint density at radius 3 is 2.70 bits per heavy atom. The SMILES string of the molecule is CCNC(=NCCCc1nc(C)no1)N1CCN(Cc2ccon2)CC1.I. The van der Waals surface area contributed by atoms with Crippen molar-refractivity contribution in [2.45, 2.75) is 33.2 Å². The first-order valence-electron chi connectivity index (χ1n) is 9.18. The lowest BCUT2D eigenvalue weighted by Gasteiger charge is -2.36. The molecule has 9 nitrogen and oxygen atoms in total. The second kappa shape index (κ2) is 11.2. The number of aryl methyl sites for hydroxylation is 2. The maximum Gasteiger partial charge on any atom is 0.226 e. The normalized spacial score (nSPS) is 15.6. The first-order valence-corrected chi connectivity index (χ1v) is 9.18. The number of halogens is 1. The Hall–Kier alpha value is -1.69. The van der Waals surface area contributed by atoms with Crippen molar-refractivity contribution in [3.05, 3.63) is 29.7 Å². The fourth-order valence-electron chi connectivity index (χ4n) is 2.95. The summed E-state index contributed by atoms with van der Waals surface area (Å²) in [4.78, 5) is 13.7. The third kappa shape index (κ3) is 6.76. The number of nitrogens with zero attached hydrogens (tertiary/aromatic N) is 6. The maximum absolute atomic E-state index is 5.14. The third-order valence-electron chi connectivity index (χ3n) is 4.26. The number of nitrogens with one attached hydrogen (secondary N) is 1. The van der Waals surface area contributed by atoms with E-state index in [4.69, 9.17) is 14.0 Å². The number of aromatic nitrogens is 3. The molecule has 27 heavy (non-hydrogen) atoms. The zero-order valence-electron chi connectivity index (χ0n) is 15.9. The molecule has 1 aliphatic heterocycles. The van der Waals surface area contributed by atoms with Crippen molar-refractivity contribution in [3.63, 3.8) is 0 Å². The summed E-state index contributed by atoms with van der Waals surface area (Å²) in [5.74, 6) is 2.35. The minimum absolute atomic E-state index is 0. The highest BCUT2D eigenvalue weighted by Gasteiger charge is 2.20. The molecule has 3 heterocycles. The van der Waals surface area contributed by atoms with Crippen LogP contribution in [0.5, 0.6) is 0 Å². The summed E-state index contributed by atoms with van der Waals surface area (Å²) in [5, 5.41) is 11.2. The molecule has 0 saturated carbocycles. The van der Waals surface area contributed by atoms with Crippen LogP contribution >= 0.6 is 24.0 Å². The van der Waals surface area contributed by atoms with Gasteiger partial charge in [0.05, 0.1) is 5.69 Å². The van der Waals surface area contributed by atoms with Crippen LogP contribution < -0.4 is 5.32 Å². The molecular weight excluding hydrogens is 461 g/mol. The van der Waals surface area contributed by atoms with Gasteiger partial charge in [-0.3, -0.25) is 9.89 Å². The predicted octanol–water partition coefficient (Wildman–Crippen LogP) is 1.70. The summed E-state index contributed by atoms with van der Waals surface area (Å²) in [6.45, 7) is 10.2. The van der Waals surface area contributed by atoms with Crippen molar-refractivity contribution in [2.75, 3.05) is 39.3 Å². The van der Waals surface area contributed by atoms with Gasteiger partial charge in [-0.25, -0.2) is 0 Å².